The molecule has 0 bridgehead atoms. The van der Waals surface area contributed by atoms with E-state index in [1.807, 2.05) is 0 Å². The highest BCUT2D eigenvalue weighted by Crippen LogP contribution is 2.23. The lowest BCUT2D eigenvalue weighted by Crippen LogP contribution is -2.32. The Kier molecular flexibility index (Phi) is 6.26. The summed E-state index contributed by atoms with van der Waals surface area (Å²) in [4.78, 5) is 24.7. The number of benzene rings is 1. The van der Waals surface area contributed by atoms with E-state index in [1.54, 1.807) is 13.1 Å². The van der Waals surface area contributed by atoms with E-state index in [1.165, 1.54) is 30.2 Å². The van der Waals surface area contributed by atoms with Crippen molar-refractivity contribution in [1.29, 1.82) is 0 Å². The Bertz CT molecular complexity index is 528. The van der Waals surface area contributed by atoms with Crippen molar-refractivity contribution in [2.75, 3.05) is 26.0 Å². The first-order valence-electron chi connectivity index (χ1n) is 6.54. The molecule has 2 N–H and O–H groups in total. The number of carboxylic acid groups (broad SMARTS) is 1. The van der Waals surface area contributed by atoms with Gasteiger partial charge in [0.2, 0.25) is 0 Å². The molecule has 0 spiro atoms. The van der Waals surface area contributed by atoms with E-state index in [0.717, 1.165) is 12.8 Å². The second-order valence-corrected chi connectivity index (χ2v) is 4.50. The van der Waals surface area contributed by atoms with Gasteiger partial charge in [0.05, 0.1) is 18.4 Å². The number of hydrogen-bond donors (Lipinski definition) is 2. The molecule has 0 aliphatic rings. The minimum absolute atomic E-state index is 0.0173. The van der Waals surface area contributed by atoms with Gasteiger partial charge in [-0.15, -0.1) is 6.58 Å². The van der Waals surface area contributed by atoms with Crippen LogP contribution in [0.15, 0.2) is 30.9 Å². The number of carbonyl (C=O) groups excluding carboxylic acids is 1. The fraction of sp³-hybridized carbons (Fsp3) is 0.333. The average Bonchev–Trinajstić information content (AvgIpc) is 2.46. The maximum Gasteiger partial charge on any atom is 0.337 e. The van der Waals surface area contributed by atoms with Crippen LogP contribution < -0.4 is 10.1 Å². The predicted molar refractivity (Wildman–Crippen MR) is 81.0 cm³/mol. The van der Waals surface area contributed by atoms with E-state index < -0.39 is 5.97 Å². The standard InChI is InChI=1S/C15H20N2O4/c1-4-5-6-9-17(2)15(20)16-13-10-11(21-3)7-8-12(13)14(18)19/h4,7-8,10H,1,5-6,9H2,2-3H3,(H,16,20)(H,18,19). The minimum atomic E-state index is -1.11. The molecule has 0 aliphatic heterocycles. The number of carbonyl (C=O) groups is 2. The molecule has 0 aliphatic carbocycles. The molecule has 0 aromatic heterocycles. The molecule has 1 rings (SSSR count). The van der Waals surface area contributed by atoms with Crippen LogP contribution in [0.2, 0.25) is 0 Å². The van der Waals surface area contributed by atoms with Crippen molar-refractivity contribution in [3.05, 3.63) is 36.4 Å². The van der Waals surface area contributed by atoms with Crippen molar-refractivity contribution in [1.82, 2.24) is 4.90 Å². The molecule has 1 aromatic rings. The summed E-state index contributed by atoms with van der Waals surface area (Å²) in [5.41, 5.74) is 0.228. The third kappa shape index (κ3) is 4.83. The number of hydrogen-bond acceptors (Lipinski definition) is 3. The van der Waals surface area contributed by atoms with Gasteiger partial charge in [-0.1, -0.05) is 6.08 Å². The highest BCUT2D eigenvalue weighted by Gasteiger charge is 2.15. The molecule has 2 amide bonds. The molecule has 0 saturated heterocycles. The summed E-state index contributed by atoms with van der Waals surface area (Å²) >= 11 is 0. The quantitative estimate of drug-likeness (QED) is 0.598. The molecular weight excluding hydrogens is 272 g/mol. The Hall–Kier alpha value is -2.50. The van der Waals surface area contributed by atoms with Crippen molar-refractivity contribution in [3.8, 4) is 5.75 Å². The fourth-order valence-electron chi connectivity index (χ4n) is 1.73. The molecule has 0 saturated carbocycles. The van der Waals surface area contributed by atoms with Crippen LogP contribution in [0.25, 0.3) is 0 Å². The molecule has 0 unspecified atom stereocenters. The Balaban J connectivity index is 2.82. The van der Waals surface area contributed by atoms with Gasteiger partial charge in [0.15, 0.2) is 0 Å². The SMILES string of the molecule is C=CCCCN(C)C(=O)Nc1cc(OC)ccc1C(=O)O. The van der Waals surface area contributed by atoms with Crippen LogP contribution in [0.3, 0.4) is 0 Å². The van der Waals surface area contributed by atoms with Crippen LogP contribution in [-0.4, -0.2) is 42.7 Å². The Labute approximate surface area is 124 Å². The number of methoxy groups -OCH3 is 1. The number of rotatable bonds is 7. The summed E-state index contributed by atoms with van der Waals surface area (Å²) in [7, 11) is 3.13. The Morgan fingerprint density at radius 1 is 1.48 bits per heavy atom. The summed E-state index contributed by atoms with van der Waals surface area (Å²) < 4.78 is 5.04. The van der Waals surface area contributed by atoms with Crippen molar-refractivity contribution in [2.45, 2.75) is 12.8 Å². The van der Waals surface area contributed by atoms with Crippen molar-refractivity contribution < 1.29 is 19.4 Å². The average molecular weight is 292 g/mol. The zero-order valence-corrected chi connectivity index (χ0v) is 12.3. The molecule has 6 heteroatoms. The minimum Gasteiger partial charge on any atom is -0.497 e. The summed E-state index contributed by atoms with van der Waals surface area (Å²) in [6.07, 6.45) is 3.41. The maximum atomic E-state index is 12.0. The molecule has 1 aromatic carbocycles. The number of unbranched alkanes of at least 4 members (excludes halogenated alkanes) is 1. The van der Waals surface area contributed by atoms with Crippen LogP contribution in [0.1, 0.15) is 23.2 Å². The van der Waals surface area contributed by atoms with Crippen molar-refractivity contribution in [2.24, 2.45) is 0 Å². The number of urea groups is 1. The lowest BCUT2D eigenvalue weighted by atomic mass is 10.1. The monoisotopic (exact) mass is 292 g/mol. The topological polar surface area (TPSA) is 78.9 Å². The number of aromatic carboxylic acids is 1. The van der Waals surface area contributed by atoms with Gasteiger partial charge in [0.1, 0.15) is 5.75 Å². The maximum absolute atomic E-state index is 12.0. The van der Waals surface area contributed by atoms with Gasteiger partial charge < -0.3 is 20.1 Å². The molecule has 21 heavy (non-hydrogen) atoms. The number of allylic oxidation sites excluding steroid dienone is 1. The van der Waals surface area contributed by atoms with Gasteiger partial charge >= 0.3 is 12.0 Å². The Morgan fingerprint density at radius 2 is 2.19 bits per heavy atom. The van der Waals surface area contributed by atoms with E-state index in [0.29, 0.717) is 12.3 Å². The molecule has 0 radical (unpaired) electrons. The zero-order valence-electron chi connectivity index (χ0n) is 12.3. The van der Waals surface area contributed by atoms with Crippen LogP contribution in [0.5, 0.6) is 5.75 Å². The molecule has 0 heterocycles. The summed E-state index contributed by atoms with van der Waals surface area (Å²) in [5, 5.41) is 11.7. The van der Waals surface area contributed by atoms with E-state index in [2.05, 4.69) is 11.9 Å². The van der Waals surface area contributed by atoms with E-state index in [9.17, 15) is 9.59 Å². The van der Waals surface area contributed by atoms with Gasteiger partial charge in [-0.3, -0.25) is 0 Å². The Morgan fingerprint density at radius 3 is 2.76 bits per heavy atom. The zero-order chi connectivity index (χ0) is 15.8. The first-order valence-corrected chi connectivity index (χ1v) is 6.54. The van der Waals surface area contributed by atoms with Crippen molar-refractivity contribution in [3.63, 3.8) is 0 Å². The third-order valence-corrected chi connectivity index (χ3v) is 2.95. The van der Waals surface area contributed by atoms with E-state index in [4.69, 9.17) is 9.84 Å². The number of nitrogens with zero attached hydrogens (tertiary/aromatic N) is 1. The normalized spacial score (nSPS) is 9.81. The second kappa shape index (κ2) is 7.94. The van der Waals surface area contributed by atoms with Crippen LogP contribution in [0, 0.1) is 0 Å². The van der Waals surface area contributed by atoms with Gasteiger partial charge in [-0.05, 0) is 25.0 Å². The summed E-state index contributed by atoms with van der Waals surface area (Å²) in [5.74, 6) is -0.633. The lowest BCUT2D eigenvalue weighted by Gasteiger charge is -2.18. The summed E-state index contributed by atoms with van der Waals surface area (Å²) in [6.45, 7) is 4.18. The van der Waals surface area contributed by atoms with Crippen molar-refractivity contribution >= 4 is 17.7 Å². The molecule has 0 fully saturated rings. The fourth-order valence-corrected chi connectivity index (χ4v) is 1.73. The molecular formula is C15H20N2O4. The van der Waals surface area contributed by atoms with Gasteiger partial charge in [0, 0.05) is 19.7 Å². The predicted octanol–water partition coefficient (Wildman–Crippen LogP) is 2.82. The highest BCUT2D eigenvalue weighted by molar-refractivity contribution is 6.00. The number of carboxylic acids is 1. The number of anilines is 1. The smallest absolute Gasteiger partial charge is 0.337 e. The highest BCUT2D eigenvalue weighted by atomic mass is 16.5. The van der Waals surface area contributed by atoms with Gasteiger partial charge in [-0.2, -0.15) is 0 Å². The van der Waals surface area contributed by atoms with E-state index in [-0.39, 0.29) is 17.3 Å². The lowest BCUT2D eigenvalue weighted by molar-refractivity contribution is 0.0698. The molecule has 0 atom stereocenters. The number of ether oxygens (including phenoxy) is 1. The van der Waals surface area contributed by atoms with Crippen LogP contribution in [0.4, 0.5) is 10.5 Å². The third-order valence-electron chi connectivity index (χ3n) is 2.95. The van der Waals surface area contributed by atoms with Crippen LogP contribution >= 0.6 is 0 Å². The van der Waals surface area contributed by atoms with Gasteiger partial charge in [-0.25, -0.2) is 9.59 Å². The van der Waals surface area contributed by atoms with E-state index >= 15 is 0 Å². The molecule has 114 valence electrons. The number of nitrogens with one attached hydrogen (secondary N) is 1. The first kappa shape index (κ1) is 16.6. The summed E-state index contributed by atoms with van der Waals surface area (Å²) in [6, 6.07) is 4.05. The van der Waals surface area contributed by atoms with Gasteiger partial charge in [0.25, 0.3) is 0 Å². The largest absolute Gasteiger partial charge is 0.497 e. The second-order valence-electron chi connectivity index (χ2n) is 4.50. The first-order chi connectivity index (χ1) is 9.99. The van der Waals surface area contributed by atoms with Crippen LogP contribution in [-0.2, 0) is 0 Å². The number of amides is 2. The molecule has 6 nitrogen and oxygen atoms in total.